The van der Waals surface area contributed by atoms with Crippen LogP contribution >= 0.6 is 38.9 Å². The molecule has 1 heterocycles. The van der Waals surface area contributed by atoms with Crippen LogP contribution in [0.5, 0.6) is 0 Å². The van der Waals surface area contributed by atoms with E-state index >= 15 is 0 Å². The molecule has 0 amide bonds. The number of hydrogen-bond donors (Lipinski definition) is 1. The average Bonchev–Trinajstić information content (AvgIpc) is 2.72. The monoisotopic (exact) mass is 379 g/mol. The van der Waals surface area contributed by atoms with Crippen molar-refractivity contribution in [3.8, 4) is 0 Å². The van der Waals surface area contributed by atoms with Crippen molar-refractivity contribution in [2.75, 3.05) is 6.54 Å². The normalized spacial score (nSPS) is 12.7. The standard InChI is InChI=1S/C14H13BrClF2NS/c1-2-19-12(13-7-10(15)14(16)20-13)5-8-3-4-9(17)6-11(8)18/h3-4,6-7,12,19H,2,5H2,1H3. The van der Waals surface area contributed by atoms with Crippen LogP contribution in [-0.4, -0.2) is 6.54 Å². The molecule has 2 rings (SSSR count). The zero-order chi connectivity index (χ0) is 14.7. The lowest BCUT2D eigenvalue weighted by atomic mass is 10.0. The first-order chi connectivity index (χ1) is 9.51. The van der Waals surface area contributed by atoms with Crippen LogP contribution in [0.1, 0.15) is 23.4 Å². The summed E-state index contributed by atoms with van der Waals surface area (Å²) in [4.78, 5) is 1.02. The first-order valence-corrected chi connectivity index (χ1v) is 8.12. The first kappa shape index (κ1) is 15.9. The molecule has 0 fully saturated rings. The number of thiophene rings is 1. The Morgan fingerprint density at radius 2 is 2.10 bits per heavy atom. The number of hydrogen-bond acceptors (Lipinski definition) is 2. The van der Waals surface area contributed by atoms with E-state index in [-0.39, 0.29) is 6.04 Å². The Balaban J connectivity index is 2.25. The Labute approximate surface area is 134 Å². The largest absolute Gasteiger partial charge is 0.309 e. The van der Waals surface area contributed by atoms with Gasteiger partial charge in [-0.05, 0) is 46.6 Å². The van der Waals surface area contributed by atoms with E-state index in [9.17, 15) is 8.78 Å². The molecule has 1 nitrogen and oxygen atoms in total. The van der Waals surface area contributed by atoms with E-state index in [0.29, 0.717) is 16.3 Å². The van der Waals surface area contributed by atoms with Crippen LogP contribution in [0.25, 0.3) is 0 Å². The molecule has 1 unspecified atom stereocenters. The molecule has 0 saturated heterocycles. The van der Waals surface area contributed by atoms with Crippen LogP contribution in [0.4, 0.5) is 8.78 Å². The zero-order valence-corrected chi connectivity index (χ0v) is 13.9. The molecule has 0 aliphatic heterocycles. The smallest absolute Gasteiger partial charge is 0.129 e. The fourth-order valence-electron chi connectivity index (χ4n) is 1.96. The summed E-state index contributed by atoms with van der Waals surface area (Å²) in [5.41, 5.74) is 0.484. The third-order valence-corrected chi connectivity index (χ3v) is 5.49. The van der Waals surface area contributed by atoms with Gasteiger partial charge in [0.1, 0.15) is 16.0 Å². The van der Waals surface area contributed by atoms with Gasteiger partial charge in [-0.1, -0.05) is 24.6 Å². The van der Waals surface area contributed by atoms with Crippen LogP contribution < -0.4 is 5.32 Å². The molecular formula is C14H13BrClF2NS. The Morgan fingerprint density at radius 1 is 1.35 bits per heavy atom. The summed E-state index contributed by atoms with van der Waals surface area (Å²) in [7, 11) is 0. The van der Waals surface area contributed by atoms with Gasteiger partial charge in [0, 0.05) is 21.5 Å². The van der Waals surface area contributed by atoms with Gasteiger partial charge >= 0.3 is 0 Å². The van der Waals surface area contributed by atoms with Crippen molar-refractivity contribution in [3.05, 3.63) is 55.1 Å². The maximum absolute atomic E-state index is 13.8. The van der Waals surface area contributed by atoms with E-state index < -0.39 is 11.6 Å². The average molecular weight is 381 g/mol. The minimum absolute atomic E-state index is 0.0474. The second-order valence-corrected chi connectivity index (χ2v) is 6.86. The van der Waals surface area contributed by atoms with E-state index in [4.69, 9.17) is 11.6 Å². The molecule has 0 bridgehead atoms. The molecule has 0 aliphatic rings. The zero-order valence-electron chi connectivity index (χ0n) is 10.7. The minimum atomic E-state index is -0.562. The van der Waals surface area contributed by atoms with E-state index in [1.165, 1.54) is 23.5 Å². The molecule has 108 valence electrons. The molecule has 1 atom stereocenters. The van der Waals surface area contributed by atoms with Crippen molar-refractivity contribution in [2.24, 2.45) is 0 Å². The number of nitrogens with one attached hydrogen (secondary N) is 1. The van der Waals surface area contributed by atoms with E-state index in [0.717, 1.165) is 22.0 Å². The molecule has 2 aromatic rings. The van der Waals surface area contributed by atoms with Crippen LogP contribution in [0.3, 0.4) is 0 Å². The summed E-state index contributed by atoms with van der Waals surface area (Å²) >= 11 is 10.9. The fraction of sp³-hybridized carbons (Fsp3) is 0.286. The van der Waals surface area contributed by atoms with Crippen molar-refractivity contribution in [1.29, 1.82) is 0 Å². The highest BCUT2D eigenvalue weighted by Crippen LogP contribution is 2.36. The quantitative estimate of drug-likeness (QED) is 0.738. The van der Waals surface area contributed by atoms with Crippen LogP contribution in [0.15, 0.2) is 28.7 Å². The van der Waals surface area contributed by atoms with Gasteiger partial charge in [0.05, 0.1) is 0 Å². The molecule has 0 spiro atoms. The molecule has 0 radical (unpaired) electrons. The van der Waals surface area contributed by atoms with Crippen molar-refractivity contribution < 1.29 is 8.78 Å². The van der Waals surface area contributed by atoms with Crippen LogP contribution in [0, 0.1) is 11.6 Å². The maximum atomic E-state index is 13.8. The van der Waals surface area contributed by atoms with E-state index in [1.807, 2.05) is 13.0 Å². The highest BCUT2D eigenvalue weighted by molar-refractivity contribution is 9.10. The summed E-state index contributed by atoms with van der Waals surface area (Å²) in [5.74, 6) is -1.08. The summed E-state index contributed by atoms with van der Waals surface area (Å²) in [6.45, 7) is 2.74. The van der Waals surface area contributed by atoms with Gasteiger partial charge < -0.3 is 5.32 Å². The SMILES string of the molecule is CCNC(Cc1ccc(F)cc1F)c1cc(Br)c(Cl)s1. The molecule has 6 heteroatoms. The van der Waals surface area contributed by atoms with Gasteiger partial charge in [0.15, 0.2) is 0 Å². The fourth-order valence-corrected chi connectivity index (χ4v) is 3.77. The number of rotatable bonds is 5. The highest BCUT2D eigenvalue weighted by atomic mass is 79.9. The molecule has 1 N–H and O–H groups in total. The number of benzene rings is 1. The molecule has 0 saturated carbocycles. The summed E-state index contributed by atoms with van der Waals surface area (Å²) in [5, 5.41) is 3.30. The van der Waals surface area contributed by atoms with Gasteiger partial charge in [-0.15, -0.1) is 11.3 Å². The lowest BCUT2D eigenvalue weighted by Gasteiger charge is -2.17. The van der Waals surface area contributed by atoms with Crippen molar-refractivity contribution >= 4 is 38.9 Å². The molecule has 1 aromatic carbocycles. The third-order valence-electron chi connectivity index (χ3n) is 2.90. The van der Waals surface area contributed by atoms with Crippen LogP contribution in [0.2, 0.25) is 4.34 Å². The van der Waals surface area contributed by atoms with E-state index in [2.05, 4.69) is 21.2 Å². The Bertz CT molecular complexity index is 583. The second-order valence-electron chi connectivity index (χ2n) is 4.32. The Morgan fingerprint density at radius 3 is 2.65 bits per heavy atom. The number of likely N-dealkylation sites (N-methyl/N-ethyl adjacent to an activating group) is 1. The summed E-state index contributed by atoms with van der Waals surface area (Å²) < 4.78 is 28.2. The van der Waals surface area contributed by atoms with E-state index in [1.54, 1.807) is 0 Å². The lowest BCUT2D eigenvalue weighted by Crippen LogP contribution is -2.22. The Hall–Kier alpha value is -0.490. The van der Waals surface area contributed by atoms with Gasteiger partial charge in [0.2, 0.25) is 0 Å². The lowest BCUT2D eigenvalue weighted by molar-refractivity contribution is 0.526. The predicted molar refractivity (Wildman–Crippen MR) is 83.5 cm³/mol. The molecule has 0 aliphatic carbocycles. The highest BCUT2D eigenvalue weighted by Gasteiger charge is 2.17. The minimum Gasteiger partial charge on any atom is -0.309 e. The summed E-state index contributed by atoms with van der Waals surface area (Å²) in [6, 6.07) is 5.56. The second kappa shape index (κ2) is 6.98. The predicted octanol–water partition coefficient (Wildman–Crippen LogP) is 5.34. The molecular weight excluding hydrogens is 368 g/mol. The third kappa shape index (κ3) is 3.79. The van der Waals surface area contributed by atoms with Gasteiger partial charge in [-0.2, -0.15) is 0 Å². The summed E-state index contributed by atoms with van der Waals surface area (Å²) in [6.07, 6.45) is 0.448. The molecule has 1 aromatic heterocycles. The number of halogens is 4. The Kier molecular flexibility index (Phi) is 5.55. The molecule has 20 heavy (non-hydrogen) atoms. The van der Waals surface area contributed by atoms with Crippen LogP contribution in [-0.2, 0) is 6.42 Å². The first-order valence-electron chi connectivity index (χ1n) is 6.13. The topological polar surface area (TPSA) is 12.0 Å². The van der Waals surface area contributed by atoms with Crippen molar-refractivity contribution in [3.63, 3.8) is 0 Å². The van der Waals surface area contributed by atoms with Gasteiger partial charge in [0.25, 0.3) is 0 Å². The van der Waals surface area contributed by atoms with Crippen molar-refractivity contribution in [2.45, 2.75) is 19.4 Å². The van der Waals surface area contributed by atoms with Gasteiger partial charge in [-0.25, -0.2) is 8.78 Å². The maximum Gasteiger partial charge on any atom is 0.129 e. The van der Waals surface area contributed by atoms with Gasteiger partial charge in [-0.3, -0.25) is 0 Å². The van der Waals surface area contributed by atoms with Crippen molar-refractivity contribution in [1.82, 2.24) is 5.32 Å².